The highest BCUT2D eigenvalue weighted by atomic mass is 32.2. The lowest BCUT2D eigenvalue weighted by molar-refractivity contribution is 0.0712. The smallest absolute Gasteiger partial charge is 0.253 e. The van der Waals surface area contributed by atoms with E-state index in [1.807, 2.05) is 23.1 Å². The normalized spacial score (nSPS) is 16.5. The van der Waals surface area contributed by atoms with Crippen LogP contribution in [-0.2, 0) is 16.5 Å². The zero-order valence-electron chi connectivity index (χ0n) is 15.5. The van der Waals surface area contributed by atoms with E-state index in [-0.39, 0.29) is 5.91 Å². The van der Waals surface area contributed by atoms with Gasteiger partial charge < -0.3 is 10.6 Å². The molecule has 3 rings (SSSR count). The second kappa shape index (κ2) is 7.72. The van der Waals surface area contributed by atoms with Crippen molar-refractivity contribution in [2.24, 2.45) is 5.73 Å². The molecule has 0 atom stereocenters. The molecule has 0 aromatic heterocycles. The van der Waals surface area contributed by atoms with E-state index < -0.39 is 9.93 Å². The van der Waals surface area contributed by atoms with Crippen LogP contribution in [0.2, 0.25) is 0 Å². The maximum atomic E-state index is 12.8. The van der Waals surface area contributed by atoms with Gasteiger partial charge in [-0.3, -0.25) is 9.00 Å². The molecule has 1 saturated heterocycles. The third kappa shape index (κ3) is 4.22. The summed E-state index contributed by atoms with van der Waals surface area (Å²) in [5.41, 5.74) is 8.85. The maximum absolute atomic E-state index is 12.8. The molecule has 0 unspecified atom stereocenters. The summed E-state index contributed by atoms with van der Waals surface area (Å²) < 4.78 is 12.3. The van der Waals surface area contributed by atoms with Gasteiger partial charge in [-0.25, -0.2) is 0 Å². The number of piperidine rings is 1. The molecule has 2 aromatic rings. The first kappa shape index (κ1) is 18.8. The van der Waals surface area contributed by atoms with Crippen LogP contribution < -0.4 is 5.73 Å². The summed E-state index contributed by atoms with van der Waals surface area (Å²) in [6.07, 6.45) is 5.38. The number of benzene rings is 2. The molecule has 2 aromatic carbocycles. The lowest BCUT2D eigenvalue weighted by Crippen LogP contribution is -2.38. The highest BCUT2D eigenvalue weighted by molar-refractivity contribution is 8.01. The van der Waals surface area contributed by atoms with Crippen LogP contribution in [0.25, 0.3) is 0 Å². The van der Waals surface area contributed by atoms with Crippen LogP contribution in [0.5, 0.6) is 0 Å². The summed E-state index contributed by atoms with van der Waals surface area (Å²) in [6.45, 7) is 2.05. The second-order valence-electron chi connectivity index (χ2n) is 7.42. The number of hydrogen-bond donors (Lipinski definition) is 2. The van der Waals surface area contributed by atoms with Crippen LogP contribution in [0.15, 0.2) is 53.4 Å². The van der Waals surface area contributed by atoms with E-state index in [0.29, 0.717) is 18.0 Å². The molecule has 1 heterocycles. The molecular weight excluding hydrogens is 344 g/mol. The molecule has 26 heavy (non-hydrogen) atoms. The fourth-order valence-corrected chi connectivity index (χ4v) is 4.44. The van der Waals surface area contributed by atoms with Crippen LogP contribution in [0.1, 0.15) is 40.2 Å². The Labute approximate surface area is 156 Å². The predicted octanol–water partition coefficient (Wildman–Crippen LogP) is 2.80. The quantitative estimate of drug-likeness (QED) is 0.811. The topological polar surface area (TPSA) is 63.4 Å². The SMILES string of the molecule is C[SH](C)(=O)c1cccc(C(=O)N2CCC(c3cccc(CN)c3)CC2)c1. The molecule has 5 heteroatoms. The van der Waals surface area contributed by atoms with E-state index in [9.17, 15) is 9.00 Å². The number of amides is 1. The van der Waals surface area contributed by atoms with Crippen LogP contribution in [0.3, 0.4) is 0 Å². The van der Waals surface area contributed by atoms with Crippen molar-refractivity contribution in [3.63, 3.8) is 0 Å². The molecule has 1 aliphatic rings. The van der Waals surface area contributed by atoms with Crippen molar-refractivity contribution in [2.75, 3.05) is 25.6 Å². The predicted molar refractivity (Wildman–Crippen MR) is 108 cm³/mol. The Balaban J connectivity index is 1.68. The second-order valence-corrected chi connectivity index (χ2v) is 10.6. The van der Waals surface area contributed by atoms with Crippen molar-refractivity contribution in [1.29, 1.82) is 0 Å². The molecule has 0 spiro atoms. The lowest BCUT2D eigenvalue weighted by atomic mass is 9.88. The van der Waals surface area contributed by atoms with Gasteiger partial charge in [0, 0.05) is 30.1 Å². The van der Waals surface area contributed by atoms with Gasteiger partial charge in [0.05, 0.1) is 0 Å². The molecule has 0 aliphatic carbocycles. The Morgan fingerprint density at radius 1 is 1.12 bits per heavy atom. The standard InChI is InChI=1S/C21H28N2O2S/c1-26(2,25)20-8-4-7-19(14-20)21(24)23-11-9-17(10-12-23)18-6-3-5-16(13-18)15-22/h3-8,13-14,17,26H,9-12,15,22H2,1-2H3. The minimum Gasteiger partial charge on any atom is -0.339 e. The number of nitrogens with zero attached hydrogens (tertiary/aromatic N) is 1. The zero-order chi connectivity index (χ0) is 18.7. The van der Waals surface area contributed by atoms with Crippen LogP contribution in [0, 0.1) is 0 Å². The van der Waals surface area contributed by atoms with Gasteiger partial charge >= 0.3 is 0 Å². The number of hydrogen-bond acceptors (Lipinski definition) is 3. The van der Waals surface area contributed by atoms with Crippen molar-refractivity contribution < 1.29 is 9.00 Å². The third-order valence-electron chi connectivity index (χ3n) is 5.16. The average molecular weight is 373 g/mol. The first-order valence-electron chi connectivity index (χ1n) is 9.12. The number of rotatable bonds is 4. The Bertz CT molecular complexity index is 835. The molecule has 140 valence electrons. The fraction of sp³-hybridized carbons (Fsp3) is 0.381. The van der Waals surface area contributed by atoms with Gasteiger partial charge in [-0.15, -0.1) is 0 Å². The van der Waals surface area contributed by atoms with Gasteiger partial charge in [0.1, 0.15) is 0 Å². The molecule has 2 N–H and O–H groups in total. The summed E-state index contributed by atoms with van der Waals surface area (Å²) in [5.74, 6) is 0.512. The van der Waals surface area contributed by atoms with Gasteiger partial charge in [0.2, 0.25) is 0 Å². The van der Waals surface area contributed by atoms with E-state index in [1.54, 1.807) is 18.6 Å². The van der Waals surface area contributed by atoms with Gasteiger partial charge in [0.15, 0.2) is 0 Å². The first-order chi connectivity index (χ1) is 12.4. The Hall–Kier alpha value is -1.98. The van der Waals surface area contributed by atoms with E-state index >= 15 is 0 Å². The lowest BCUT2D eigenvalue weighted by Gasteiger charge is -2.32. The molecule has 1 aliphatic heterocycles. The van der Waals surface area contributed by atoms with Crippen LogP contribution in [-0.4, -0.2) is 40.6 Å². The first-order valence-corrected chi connectivity index (χ1v) is 11.7. The van der Waals surface area contributed by atoms with Crippen LogP contribution in [0.4, 0.5) is 0 Å². The summed E-state index contributed by atoms with van der Waals surface area (Å²) in [5, 5.41) is 0. The fourth-order valence-electron chi connectivity index (χ4n) is 3.55. The molecule has 4 nitrogen and oxygen atoms in total. The van der Waals surface area contributed by atoms with Crippen molar-refractivity contribution in [3.05, 3.63) is 65.2 Å². The summed E-state index contributed by atoms with van der Waals surface area (Å²) >= 11 is 0. The van der Waals surface area contributed by atoms with Gasteiger partial charge in [-0.05, 0) is 60.6 Å². The number of nitrogens with two attached hydrogens (primary N) is 1. The van der Waals surface area contributed by atoms with E-state index in [0.717, 1.165) is 36.4 Å². The molecule has 1 amide bonds. The molecular formula is C21H28N2O2S. The largest absolute Gasteiger partial charge is 0.339 e. The number of carbonyl (C=O) groups excluding carboxylic acids is 1. The Kier molecular flexibility index (Phi) is 5.58. The van der Waals surface area contributed by atoms with Gasteiger partial charge in [-0.2, -0.15) is 0 Å². The summed E-state index contributed by atoms with van der Waals surface area (Å²) in [6, 6.07) is 15.7. The van der Waals surface area contributed by atoms with E-state index in [2.05, 4.69) is 24.3 Å². The van der Waals surface area contributed by atoms with Crippen LogP contribution >= 0.6 is 0 Å². The zero-order valence-corrected chi connectivity index (χ0v) is 16.4. The van der Waals surface area contributed by atoms with E-state index in [1.165, 1.54) is 5.56 Å². The van der Waals surface area contributed by atoms with Crippen molar-refractivity contribution >= 4 is 15.8 Å². The third-order valence-corrected chi connectivity index (χ3v) is 6.68. The Morgan fingerprint density at radius 2 is 1.81 bits per heavy atom. The molecule has 0 bridgehead atoms. The highest BCUT2D eigenvalue weighted by Gasteiger charge is 2.25. The number of carbonyl (C=O) groups is 1. The number of likely N-dealkylation sites (tertiary alicyclic amines) is 1. The summed E-state index contributed by atoms with van der Waals surface area (Å²) in [4.78, 5) is 15.5. The van der Waals surface area contributed by atoms with E-state index in [4.69, 9.17) is 5.73 Å². The number of thiol groups is 1. The summed E-state index contributed by atoms with van der Waals surface area (Å²) in [7, 11) is -2.36. The van der Waals surface area contributed by atoms with Gasteiger partial charge in [0.25, 0.3) is 5.91 Å². The molecule has 1 fully saturated rings. The van der Waals surface area contributed by atoms with Crippen molar-refractivity contribution in [2.45, 2.75) is 30.2 Å². The Morgan fingerprint density at radius 3 is 2.46 bits per heavy atom. The monoisotopic (exact) mass is 372 g/mol. The molecule has 0 radical (unpaired) electrons. The minimum absolute atomic E-state index is 0.0365. The average Bonchev–Trinajstić information content (AvgIpc) is 2.67. The minimum atomic E-state index is -2.36. The van der Waals surface area contributed by atoms with Crippen molar-refractivity contribution in [1.82, 2.24) is 4.90 Å². The van der Waals surface area contributed by atoms with Gasteiger partial charge in [-0.1, -0.05) is 40.3 Å². The highest BCUT2D eigenvalue weighted by Crippen LogP contribution is 2.29. The molecule has 0 saturated carbocycles. The van der Waals surface area contributed by atoms with Crippen molar-refractivity contribution in [3.8, 4) is 0 Å². The maximum Gasteiger partial charge on any atom is 0.253 e.